The molecule has 23 heavy (non-hydrogen) atoms. The second kappa shape index (κ2) is 10.2. The van der Waals surface area contributed by atoms with Gasteiger partial charge < -0.3 is 19.3 Å². The largest absolute Gasteiger partial charge is 0.461 e. The number of esters is 1. The number of carbonyl (C=O) groups excluding carboxylic acids is 1. The zero-order valence-electron chi connectivity index (χ0n) is 14.5. The van der Waals surface area contributed by atoms with Gasteiger partial charge in [-0.2, -0.15) is 0 Å². The molecule has 0 saturated heterocycles. The first-order valence-electron chi connectivity index (χ1n) is 7.40. The van der Waals surface area contributed by atoms with Crippen molar-refractivity contribution in [1.29, 1.82) is 0 Å². The van der Waals surface area contributed by atoms with E-state index in [2.05, 4.69) is 4.72 Å². The van der Waals surface area contributed by atoms with Crippen LogP contribution in [0.2, 0.25) is 0 Å². The minimum absolute atomic E-state index is 0.00400. The number of aliphatic hydroxyl groups excluding tert-OH is 1. The highest BCUT2D eigenvalue weighted by Crippen LogP contribution is 2.22. The average Bonchev–Trinajstić information content (AvgIpc) is 2.39. The summed E-state index contributed by atoms with van der Waals surface area (Å²) in [5, 5.41) is 8.56. The number of hydrogen-bond acceptors (Lipinski definition) is 7. The summed E-state index contributed by atoms with van der Waals surface area (Å²) < 4.78 is 40.4. The molecule has 0 aliphatic carbocycles. The van der Waals surface area contributed by atoms with Gasteiger partial charge in [-0.15, -0.1) is 0 Å². The molecule has 2 N–H and O–H groups in total. The Balaban J connectivity index is 4.50. The van der Waals surface area contributed by atoms with E-state index in [1.165, 1.54) is 0 Å². The van der Waals surface area contributed by atoms with Crippen molar-refractivity contribution in [1.82, 2.24) is 4.72 Å². The molecule has 0 heterocycles. The molecule has 9 heteroatoms. The molecule has 0 unspecified atom stereocenters. The fourth-order valence-electron chi connectivity index (χ4n) is 1.33. The molecule has 0 radical (unpaired) electrons. The fraction of sp³-hybridized carbons (Fsp3) is 0.929. The molecule has 0 bridgehead atoms. The van der Waals surface area contributed by atoms with Gasteiger partial charge in [0.15, 0.2) is 0 Å². The zero-order valence-corrected chi connectivity index (χ0v) is 15.3. The fourth-order valence-corrected chi connectivity index (χ4v) is 1.82. The summed E-state index contributed by atoms with van der Waals surface area (Å²) in [7, 11) is -3.37. The van der Waals surface area contributed by atoms with E-state index in [1.54, 1.807) is 0 Å². The molecular weight excluding hydrogens is 326 g/mol. The Kier molecular flexibility index (Phi) is 9.86. The number of sulfonamides is 1. The van der Waals surface area contributed by atoms with Crippen LogP contribution in [0.5, 0.6) is 0 Å². The Hall–Kier alpha value is -0.740. The van der Waals surface area contributed by atoms with Gasteiger partial charge in [0, 0.05) is 6.54 Å². The van der Waals surface area contributed by atoms with Crippen molar-refractivity contribution in [2.75, 3.05) is 39.2 Å². The molecule has 2 atom stereocenters. The molecule has 0 rings (SSSR count). The van der Waals surface area contributed by atoms with E-state index in [9.17, 15) is 13.2 Å². The van der Waals surface area contributed by atoms with Gasteiger partial charge in [0.25, 0.3) is 0 Å². The highest BCUT2D eigenvalue weighted by Gasteiger charge is 2.25. The van der Waals surface area contributed by atoms with Crippen LogP contribution in [0.25, 0.3) is 0 Å². The quantitative estimate of drug-likeness (QED) is 0.393. The summed E-state index contributed by atoms with van der Waals surface area (Å²) >= 11 is 0. The highest BCUT2D eigenvalue weighted by molar-refractivity contribution is 7.88. The lowest BCUT2D eigenvalue weighted by Gasteiger charge is -2.31. The van der Waals surface area contributed by atoms with E-state index in [1.807, 2.05) is 27.7 Å². The van der Waals surface area contributed by atoms with Gasteiger partial charge in [-0.1, -0.05) is 20.8 Å². The lowest BCUT2D eigenvalue weighted by molar-refractivity contribution is -0.156. The second-order valence-corrected chi connectivity index (χ2v) is 8.18. The van der Waals surface area contributed by atoms with Crippen LogP contribution in [-0.2, 0) is 29.0 Å². The third kappa shape index (κ3) is 12.4. The topological polar surface area (TPSA) is 111 Å². The first kappa shape index (κ1) is 22.3. The summed E-state index contributed by atoms with van der Waals surface area (Å²) in [5.74, 6) is -0.602. The molecule has 0 saturated carbocycles. The molecule has 0 aromatic carbocycles. The number of ether oxygens (including phenoxy) is 3. The van der Waals surface area contributed by atoms with E-state index in [-0.39, 0.29) is 44.5 Å². The lowest BCUT2D eigenvalue weighted by atomic mass is 9.90. The maximum atomic E-state index is 11.5. The Morgan fingerprint density at radius 3 is 2.39 bits per heavy atom. The molecule has 0 spiro atoms. The van der Waals surface area contributed by atoms with E-state index in [4.69, 9.17) is 19.3 Å². The van der Waals surface area contributed by atoms with Crippen LogP contribution in [-0.4, -0.2) is 70.9 Å². The van der Waals surface area contributed by atoms with Crippen molar-refractivity contribution < 1.29 is 32.5 Å². The van der Waals surface area contributed by atoms with Gasteiger partial charge in [-0.3, -0.25) is 0 Å². The van der Waals surface area contributed by atoms with Crippen LogP contribution >= 0.6 is 0 Å². The van der Waals surface area contributed by atoms with Gasteiger partial charge in [0.2, 0.25) is 10.0 Å². The van der Waals surface area contributed by atoms with Gasteiger partial charge in [-0.05, 0) is 12.3 Å². The molecular formula is C14H29NO7S. The van der Waals surface area contributed by atoms with Crippen LogP contribution in [0.4, 0.5) is 0 Å². The SMILES string of the molecule is C[C@H](O[C@@H](CNS(C)(=O)=O)COC(=O)COCCO)C(C)(C)C. The van der Waals surface area contributed by atoms with E-state index in [0.29, 0.717) is 0 Å². The molecule has 0 aliphatic rings. The Labute approximate surface area is 138 Å². The minimum atomic E-state index is -3.37. The molecule has 0 amide bonds. The highest BCUT2D eigenvalue weighted by atomic mass is 32.2. The summed E-state index contributed by atoms with van der Waals surface area (Å²) in [6.45, 7) is 7.36. The van der Waals surface area contributed by atoms with Gasteiger partial charge in [0.05, 0.1) is 25.6 Å². The summed E-state index contributed by atoms with van der Waals surface area (Å²) in [4.78, 5) is 11.5. The summed E-state index contributed by atoms with van der Waals surface area (Å²) in [6.07, 6.45) is 0.269. The Bertz CT molecular complexity index is 445. The monoisotopic (exact) mass is 355 g/mol. The second-order valence-electron chi connectivity index (χ2n) is 6.35. The maximum Gasteiger partial charge on any atom is 0.332 e. The number of aliphatic hydroxyl groups is 1. The zero-order chi connectivity index (χ0) is 18.1. The van der Waals surface area contributed by atoms with Crippen molar-refractivity contribution in [3.8, 4) is 0 Å². The average molecular weight is 355 g/mol. The standard InChI is InChI=1S/C14H29NO7S/c1-11(14(2,3)4)22-12(8-15-23(5,18)19)9-21-13(17)10-20-7-6-16/h11-12,15-16H,6-10H2,1-5H3/t11-,12-/m0/s1. The first-order chi connectivity index (χ1) is 10.5. The number of carbonyl (C=O) groups is 1. The van der Waals surface area contributed by atoms with Crippen molar-refractivity contribution in [2.24, 2.45) is 5.41 Å². The van der Waals surface area contributed by atoms with Crippen LogP contribution in [0.15, 0.2) is 0 Å². The summed E-state index contributed by atoms with van der Waals surface area (Å²) in [5.41, 5.74) is -0.141. The molecule has 8 nitrogen and oxygen atoms in total. The molecule has 0 aromatic heterocycles. The van der Waals surface area contributed by atoms with Crippen LogP contribution < -0.4 is 4.72 Å². The number of rotatable bonds is 11. The minimum Gasteiger partial charge on any atom is -0.461 e. The van der Waals surface area contributed by atoms with Crippen molar-refractivity contribution in [3.05, 3.63) is 0 Å². The third-order valence-corrected chi connectivity index (χ3v) is 3.77. The normalized spacial score (nSPS) is 15.2. The van der Waals surface area contributed by atoms with E-state index >= 15 is 0 Å². The molecule has 0 aliphatic heterocycles. The van der Waals surface area contributed by atoms with Gasteiger partial charge in [0.1, 0.15) is 19.3 Å². The Morgan fingerprint density at radius 1 is 1.30 bits per heavy atom. The van der Waals surface area contributed by atoms with Crippen molar-refractivity contribution in [2.45, 2.75) is 39.9 Å². The van der Waals surface area contributed by atoms with Crippen LogP contribution in [0.3, 0.4) is 0 Å². The Morgan fingerprint density at radius 2 is 1.91 bits per heavy atom. The van der Waals surface area contributed by atoms with Crippen molar-refractivity contribution in [3.63, 3.8) is 0 Å². The van der Waals surface area contributed by atoms with E-state index < -0.39 is 22.1 Å². The van der Waals surface area contributed by atoms with Gasteiger partial charge in [-0.25, -0.2) is 17.9 Å². The molecule has 138 valence electrons. The maximum absolute atomic E-state index is 11.5. The third-order valence-electron chi connectivity index (χ3n) is 3.08. The lowest BCUT2D eigenvalue weighted by Crippen LogP contribution is -2.41. The smallest absolute Gasteiger partial charge is 0.332 e. The predicted octanol–water partition coefficient (Wildman–Crippen LogP) is -0.0925. The van der Waals surface area contributed by atoms with Crippen molar-refractivity contribution >= 4 is 16.0 Å². The first-order valence-corrected chi connectivity index (χ1v) is 9.29. The van der Waals surface area contributed by atoms with Crippen LogP contribution in [0.1, 0.15) is 27.7 Å². The van der Waals surface area contributed by atoms with Gasteiger partial charge >= 0.3 is 5.97 Å². The molecule has 0 fully saturated rings. The number of nitrogens with one attached hydrogen (secondary N) is 1. The summed E-state index contributed by atoms with van der Waals surface area (Å²) in [6, 6.07) is 0. The number of hydrogen-bond donors (Lipinski definition) is 2. The molecule has 0 aromatic rings. The van der Waals surface area contributed by atoms with E-state index in [0.717, 1.165) is 6.26 Å². The van der Waals surface area contributed by atoms with Crippen LogP contribution in [0, 0.1) is 5.41 Å². The predicted molar refractivity (Wildman–Crippen MR) is 85.5 cm³/mol.